The maximum atomic E-state index is 9.95. The van der Waals surface area contributed by atoms with Crippen molar-refractivity contribution in [2.75, 3.05) is 7.11 Å². The van der Waals surface area contributed by atoms with Gasteiger partial charge in [-0.15, -0.1) is 0 Å². The number of hydrogen-bond donors (Lipinski definition) is 0. The highest BCUT2D eigenvalue weighted by molar-refractivity contribution is 5.80. The monoisotopic (exact) mass is 356 g/mol. The summed E-state index contributed by atoms with van der Waals surface area (Å²) in [6.07, 6.45) is 24.4. The van der Waals surface area contributed by atoms with Gasteiger partial charge >= 0.3 is 5.97 Å². The van der Waals surface area contributed by atoms with Gasteiger partial charge in [-0.05, 0) is 0 Å². The van der Waals surface area contributed by atoms with Crippen molar-refractivity contribution in [1.82, 2.24) is 0 Å². The van der Waals surface area contributed by atoms with Crippen LogP contribution in [0.4, 0.5) is 0 Å². The maximum absolute atomic E-state index is 9.95. The summed E-state index contributed by atoms with van der Waals surface area (Å²) in [6, 6.07) is 0. The van der Waals surface area contributed by atoms with Crippen molar-refractivity contribution in [3.63, 3.8) is 0 Å². The van der Waals surface area contributed by atoms with E-state index in [4.69, 9.17) is 0 Å². The molecule has 0 unspecified atom stereocenters. The van der Waals surface area contributed by atoms with Gasteiger partial charge in [0.1, 0.15) is 0 Å². The van der Waals surface area contributed by atoms with E-state index in [1.165, 1.54) is 110 Å². The van der Waals surface area contributed by atoms with E-state index in [0.717, 1.165) is 6.08 Å². The molecule has 0 aliphatic carbocycles. The first-order chi connectivity index (χ1) is 12.2. The summed E-state index contributed by atoms with van der Waals surface area (Å²) in [4.78, 5) is 17.9. The molecule has 3 heteroatoms. The lowest BCUT2D eigenvalue weighted by Crippen LogP contribution is -1.96. The average molecular weight is 357 g/mol. The summed E-state index contributed by atoms with van der Waals surface area (Å²) in [5.74, 6) is -0.581. The van der Waals surface area contributed by atoms with Gasteiger partial charge in [0.25, 0.3) is 0 Å². The van der Waals surface area contributed by atoms with Crippen molar-refractivity contribution >= 4 is 5.97 Å². The van der Waals surface area contributed by atoms with Crippen molar-refractivity contribution < 1.29 is 14.6 Å². The summed E-state index contributed by atoms with van der Waals surface area (Å²) in [6.45, 7) is 7.71. The lowest BCUT2D eigenvalue weighted by atomic mass is 10.0. The zero-order valence-corrected chi connectivity index (χ0v) is 17.3. The van der Waals surface area contributed by atoms with Crippen molar-refractivity contribution in [3.8, 4) is 0 Å². The molecule has 0 aromatic rings. The van der Waals surface area contributed by atoms with Crippen LogP contribution in [-0.2, 0) is 14.6 Å². The van der Waals surface area contributed by atoms with Crippen molar-refractivity contribution in [1.29, 1.82) is 0 Å². The largest absolute Gasteiger partial charge is 0.365 e. The second kappa shape index (κ2) is 25.4. The molecular weight excluding hydrogens is 312 g/mol. The molecule has 0 amide bonds. The predicted octanol–water partition coefficient (Wildman–Crippen LogP) is 7.54. The maximum Gasteiger partial charge on any atom is 0.365 e. The second-order valence-electron chi connectivity index (χ2n) is 6.72. The molecular formula is C22H44O3. The predicted molar refractivity (Wildman–Crippen MR) is 109 cm³/mol. The van der Waals surface area contributed by atoms with Crippen LogP contribution in [0, 0.1) is 0 Å². The SMILES string of the molecule is C=CC(=O)OOC.CCCCCCCCCCCCCCCCCC. The molecule has 0 rings (SSSR count). The molecule has 0 atom stereocenters. The molecule has 0 saturated carbocycles. The minimum atomic E-state index is -0.581. The Morgan fingerprint density at radius 2 is 0.960 bits per heavy atom. The lowest BCUT2D eigenvalue weighted by Gasteiger charge is -2.03. The van der Waals surface area contributed by atoms with Crippen molar-refractivity contribution in [3.05, 3.63) is 12.7 Å². The summed E-state index contributed by atoms with van der Waals surface area (Å²) in [5, 5.41) is 0. The Labute approximate surface area is 157 Å². The molecule has 0 N–H and O–H groups in total. The number of hydrogen-bond acceptors (Lipinski definition) is 3. The number of carbonyl (C=O) groups excluding carboxylic acids is 1. The van der Waals surface area contributed by atoms with E-state index in [2.05, 4.69) is 30.2 Å². The molecule has 150 valence electrons. The second-order valence-corrected chi connectivity index (χ2v) is 6.72. The molecule has 0 aliphatic heterocycles. The normalized spacial score (nSPS) is 10.0. The Bertz CT molecular complexity index is 248. The van der Waals surface area contributed by atoms with Crippen molar-refractivity contribution in [2.45, 2.75) is 117 Å². The van der Waals surface area contributed by atoms with Crippen LogP contribution in [0.3, 0.4) is 0 Å². The first kappa shape index (κ1) is 26.4. The van der Waals surface area contributed by atoms with Gasteiger partial charge in [-0.25, -0.2) is 4.79 Å². The molecule has 0 aliphatic rings. The van der Waals surface area contributed by atoms with Crippen LogP contribution in [0.1, 0.15) is 117 Å². The molecule has 25 heavy (non-hydrogen) atoms. The molecule has 0 aromatic heterocycles. The Morgan fingerprint density at radius 1 is 0.680 bits per heavy atom. The van der Waals surface area contributed by atoms with E-state index < -0.39 is 5.97 Å². The summed E-state index contributed by atoms with van der Waals surface area (Å²) < 4.78 is 0. The van der Waals surface area contributed by atoms with E-state index in [1.54, 1.807) is 0 Å². The Kier molecular flexibility index (Phi) is 26.8. The zero-order valence-electron chi connectivity index (χ0n) is 17.3. The minimum Gasteiger partial charge on any atom is -0.294 e. The number of rotatable bonds is 17. The van der Waals surface area contributed by atoms with Gasteiger partial charge in [0, 0.05) is 6.08 Å². The molecule has 3 nitrogen and oxygen atoms in total. The van der Waals surface area contributed by atoms with Crippen LogP contribution < -0.4 is 0 Å². The molecule has 0 bridgehead atoms. The highest BCUT2D eigenvalue weighted by atomic mass is 17.2. The minimum absolute atomic E-state index is 0.581. The zero-order chi connectivity index (χ0) is 19.0. The fraction of sp³-hybridized carbons (Fsp3) is 0.864. The van der Waals surface area contributed by atoms with E-state index in [1.807, 2.05) is 0 Å². The van der Waals surface area contributed by atoms with Gasteiger partial charge in [-0.1, -0.05) is 123 Å². The topological polar surface area (TPSA) is 35.5 Å². The first-order valence-electron chi connectivity index (χ1n) is 10.6. The standard InChI is InChI=1S/C18H38.C4H6O3/c1-3-5-7-9-11-13-15-17-18-16-14-12-10-8-6-4-2;1-3-4(5)7-6-2/h3-18H2,1-2H3;3H,1H2,2H3. The lowest BCUT2D eigenvalue weighted by molar-refractivity contribution is -0.249. The summed E-state index contributed by atoms with van der Waals surface area (Å²) >= 11 is 0. The smallest absolute Gasteiger partial charge is 0.294 e. The van der Waals surface area contributed by atoms with E-state index >= 15 is 0 Å². The molecule has 0 aromatic carbocycles. The third-order valence-corrected chi connectivity index (χ3v) is 4.29. The Hall–Kier alpha value is -0.830. The van der Waals surface area contributed by atoms with E-state index in [9.17, 15) is 4.79 Å². The number of carbonyl (C=O) groups is 1. The fourth-order valence-corrected chi connectivity index (χ4v) is 2.74. The van der Waals surface area contributed by atoms with Gasteiger partial charge in [0.05, 0.1) is 7.11 Å². The quantitative estimate of drug-likeness (QED) is 0.117. The molecule has 0 fully saturated rings. The fourth-order valence-electron chi connectivity index (χ4n) is 2.74. The van der Waals surface area contributed by atoms with Gasteiger partial charge in [-0.2, -0.15) is 4.89 Å². The van der Waals surface area contributed by atoms with Gasteiger partial charge in [-0.3, -0.25) is 4.89 Å². The Balaban J connectivity index is 0. The van der Waals surface area contributed by atoms with E-state index in [0.29, 0.717) is 0 Å². The molecule has 0 saturated heterocycles. The molecule has 0 spiro atoms. The van der Waals surface area contributed by atoms with Crippen LogP contribution in [0.2, 0.25) is 0 Å². The van der Waals surface area contributed by atoms with Crippen LogP contribution in [0.25, 0.3) is 0 Å². The van der Waals surface area contributed by atoms with Gasteiger partial charge in [0.2, 0.25) is 0 Å². The highest BCUT2D eigenvalue weighted by Crippen LogP contribution is 2.13. The summed E-state index contributed by atoms with van der Waals surface area (Å²) in [7, 11) is 1.25. The third kappa shape index (κ3) is 28.3. The molecule has 0 heterocycles. The number of unbranched alkanes of at least 4 members (excludes halogenated alkanes) is 15. The first-order valence-corrected chi connectivity index (χ1v) is 10.6. The van der Waals surface area contributed by atoms with Gasteiger partial charge in [0.15, 0.2) is 0 Å². The third-order valence-electron chi connectivity index (χ3n) is 4.29. The van der Waals surface area contributed by atoms with Gasteiger partial charge < -0.3 is 0 Å². The summed E-state index contributed by atoms with van der Waals surface area (Å²) in [5.41, 5.74) is 0. The van der Waals surface area contributed by atoms with Crippen LogP contribution >= 0.6 is 0 Å². The van der Waals surface area contributed by atoms with Crippen LogP contribution in [-0.4, -0.2) is 13.1 Å². The molecule has 0 radical (unpaired) electrons. The van der Waals surface area contributed by atoms with Crippen LogP contribution in [0.15, 0.2) is 12.7 Å². The highest BCUT2D eigenvalue weighted by Gasteiger charge is 1.93. The average Bonchev–Trinajstić information content (AvgIpc) is 2.62. The Morgan fingerprint density at radius 3 is 1.12 bits per heavy atom. The van der Waals surface area contributed by atoms with Crippen molar-refractivity contribution in [2.24, 2.45) is 0 Å². The van der Waals surface area contributed by atoms with Crippen LogP contribution in [0.5, 0.6) is 0 Å². The van der Waals surface area contributed by atoms with E-state index in [-0.39, 0.29) is 0 Å².